The van der Waals surface area contributed by atoms with Crippen molar-refractivity contribution in [2.75, 3.05) is 31.2 Å². The molecule has 6 nitrogen and oxygen atoms in total. The number of anilines is 1. The summed E-state index contributed by atoms with van der Waals surface area (Å²) in [6.45, 7) is 11.6. The fourth-order valence-corrected chi connectivity index (χ4v) is 4.34. The van der Waals surface area contributed by atoms with Gasteiger partial charge >= 0.3 is 0 Å². The third kappa shape index (κ3) is 5.40. The number of hydrogen-bond donors (Lipinski definition) is 1. The largest absolute Gasteiger partial charge is 0.395 e. The van der Waals surface area contributed by atoms with E-state index in [2.05, 4.69) is 47.6 Å². The number of fused-ring (bicyclic) bond motifs is 1. The summed E-state index contributed by atoms with van der Waals surface area (Å²) < 4.78 is 8.04. The fourth-order valence-electron chi connectivity index (χ4n) is 3.40. The molecule has 2 aromatic heterocycles. The first-order valence-corrected chi connectivity index (χ1v) is 14.5. The van der Waals surface area contributed by atoms with E-state index < -0.39 is 8.07 Å². The zero-order chi connectivity index (χ0) is 21.7. The average molecular weight is 447 g/mol. The van der Waals surface area contributed by atoms with Gasteiger partial charge in [-0.2, -0.15) is 0 Å². The maximum atomic E-state index is 9.51. The summed E-state index contributed by atoms with van der Waals surface area (Å²) in [5, 5.41) is 11.1. The number of halogens is 1. The highest BCUT2D eigenvalue weighted by atomic mass is 35.5. The second-order valence-electron chi connectivity index (χ2n) is 8.57. The molecule has 3 rings (SSSR count). The molecular weight excluding hydrogens is 416 g/mol. The van der Waals surface area contributed by atoms with Gasteiger partial charge in [-0.05, 0) is 30.7 Å². The monoisotopic (exact) mass is 446 g/mol. The van der Waals surface area contributed by atoms with Gasteiger partial charge in [-0.3, -0.25) is 0 Å². The number of ether oxygens (including phenoxy) is 1. The Hall–Kier alpha value is -1.93. The second kappa shape index (κ2) is 9.92. The van der Waals surface area contributed by atoms with E-state index in [-0.39, 0.29) is 6.61 Å². The summed E-state index contributed by atoms with van der Waals surface area (Å²) in [5.74, 6) is 0.812. The topological polar surface area (TPSA) is 63.4 Å². The van der Waals surface area contributed by atoms with Gasteiger partial charge < -0.3 is 19.3 Å². The molecule has 0 bridgehead atoms. The molecule has 30 heavy (non-hydrogen) atoms. The molecule has 2 heterocycles. The van der Waals surface area contributed by atoms with Crippen LogP contribution in [0.5, 0.6) is 0 Å². The van der Waals surface area contributed by atoms with Gasteiger partial charge in [-0.15, -0.1) is 0 Å². The lowest BCUT2D eigenvalue weighted by atomic mass is 10.1. The van der Waals surface area contributed by atoms with Gasteiger partial charge in [0.25, 0.3) is 0 Å². The smallest absolute Gasteiger partial charge is 0.148 e. The molecule has 162 valence electrons. The second-order valence-corrected chi connectivity index (χ2v) is 14.6. The van der Waals surface area contributed by atoms with Crippen molar-refractivity contribution >= 4 is 36.5 Å². The van der Waals surface area contributed by atoms with Crippen molar-refractivity contribution in [2.24, 2.45) is 0 Å². The lowest BCUT2D eigenvalue weighted by Crippen LogP contribution is -2.27. The predicted octanol–water partition coefficient (Wildman–Crippen LogP) is 4.88. The van der Waals surface area contributed by atoms with Gasteiger partial charge in [0.15, 0.2) is 0 Å². The predicted molar refractivity (Wildman–Crippen MR) is 127 cm³/mol. The van der Waals surface area contributed by atoms with Crippen molar-refractivity contribution < 1.29 is 9.84 Å². The normalized spacial score (nSPS) is 11.9. The van der Waals surface area contributed by atoms with E-state index in [9.17, 15) is 5.11 Å². The Morgan fingerprint density at radius 3 is 2.70 bits per heavy atom. The maximum absolute atomic E-state index is 9.51. The molecule has 0 saturated heterocycles. The van der Waals surface area contributed by atoms with E-state index in [1.165, 1.54) is 0 Å². The van der Waals surface area contributed by atoms with E-state index in [1.807, 2.05) is 28.8 Å². The Kier molecular flexibility index (Phi) is 7.52. The van der Waals surface area contributed by atoms with Gasteiger partial charge in [0.2, 0.25) is 0 Å². The molecule has 8 heteroatoms. The van der Waals surface area contributed by atoms with E-state index in [1.54, 1.807) is 6.33 Å². The third-order valence-corrected chi connectivity index (χ3v) is 6.99. The molecule has 0 aliphatic heterocycles. The van der Waals surface area contributed by atoms with Crippen molar-refractivity contribution in [1.29, 1.82) is 0 Å². The van der Waals surface area contributed by atoms with Crippen LogP contribution in [0.3, 0.4) is 0 Å². The van der Waals surface area contributed by atoms with Crippen LogP contribution in [0.2, 0.25) is 30.7 Å². The average Bonchev–Trinajstić information content (AvgIpc) is 3.08. The Morgan fingerprint density at radius 2 is 2.03 bits per heavy atom. The van der Waals surface area contributed by atoms with Crippen molar-refractivity contribution in [1.82, 2.24) is 14.5 Å². The molecule has 0 aliphatic carbocycles. The zero-order valence-electron chi connectivity index (χ0n) is 18.2. The van der Waals surface area contributed by atoms with Gasteiger partial charge in [-0.25, -0.2) is 9.97 Å². The number of aliphatic hydroxyl groups excluding tert-OH is 1. The van der Waals surface area contributed by atoms with Crippen LogP contribution >= 0.6 is 11.6 Å². The molecule has 1 aromatic carbocycles. The quantitative estimate of drug-likeness (QED) is 0.355. The Bertz CT molecular complexity index is 987. The number of likely N-dealkylation sites (N-methyl/N-ethyl adjacent to an activating group) is 1. The summed E-state index contributed by atoms with van der Waals surface area (Å²) in [4.78, 5) is 11.2. The molecule has 0 amide bonds. The SMILES string of the molecule is CCN(CCO)c1ncnc2c1c(-c1cccc(Cl)c1)cn2COCC[Si](C)(C)C. The molecule has 1 N–H and O–H groups in total. The summed E-state index contributed by atoms with van der Waals surface area (Å²) in [7, 11) is -1.15. The summed E-state index contributed by atoms with van der Waals surface area (Å²) in [6.07, 6.45) is 3.65. The van der Waals surface area contributed by atoms with Crippen molar-refractivity contribution in [3.8, 4) is 11.1 Å². The number of aromatic nitrogens is 3. The summed E-state index contributed by atoms with van der Waals surface area (Å²) in [6, 6.07) is 8.92. The molecule has 0 saturated carbocycles. The number of benzene rings is 1. The van der Waals surface area contributed by atoms with Gasteiger partial charge in [0.05, 0.1) is 12.0 Å². The summed E-state index contributed by atoms with van der Waals surface area (Å²) >= 11 is 6.27. The van der Waals surface area contributed by atoms with Crippen LogP contribution in [0.25, 0.3) is 22.2 Å². The maximum Gasteiger partial charge on any atom is 0.148 e. The molecular formula is C22H31ClN4O2Si. The van der Waals surface area contributed by atoms with Gasteiger partial charge in [0.1, 0.15) is 24.5 Å². The molecule has 3 aromatic rings. The fraction of sp³-hybridized carbons (Fsp3) is 0.455. The minimum atomic E-state index is -1.15. The van der Waals surface area contributed by atoms with E-state index in [0.29, 0.717) is 18.3 Å². The lowest BCUT2D eigenvalue weighted by molar-refractivity contribution is 0.0899. The van der Waals surface area contributed by atoms with E-state index in [0.717, 1.165) is 47.2 Å². The highest BCUT2D eigenvalue weighted by molar-refractivity contribution is 6.76. The van der Waals surface area contributed by atoms with Crippen molar-refractivity contribution in [3.63, 3.8) is 0 Å². The van der Waals surface area contributed by atoms with Crippen LogP contribution in [0.4, 0.5) is 5.82 Å². The highest BCUT2D eigenvalue weighted by Gasteiger charge is 2.20. The van der Waals surface area contributed by atoms with Crippen LogP contribution in [0.1, 0.15) is 6.92 Å². The molecule has 0 spiro atoms. The first-order chi connectivity index (χ1) is 14.3. The number of rotatable bonds is 10. The first kappa shape index (κ1) is 22.7. The lowest BCUT2D eigenvalue weighted by Gasteiger charge is -2.22. The first-order valence-electron chi connectivity index (χ1n) is 10.4. The third-order valence-electron chi connectivity index (χ3n) is 5.05. The highest BCUT2D eigenvalue weighted by Crippen LogP contribution is 2.36. The van der Waals surface area contributed by atoms with Crippen molar-refractivity contribution in [3.05, 3.63) is 41.8 Å². The zero-order valence-corrected chi connectivity index (χ0v) is 20.0. The molecule has 0 fully saturated rings. The van der Waals surface area contributed by atoms with Crippen molar-refractivity contribution in [2.45, 2.75) is 39.3 Å². The minimum absolute atomic E-state index is 0.0619. The Labute approximate surface area is 184 Å². The van der Waals surface area contributed by atoms with Crippen LogP contribution in [0, 0.1) is 0 Å². The molecule has 0 aliphatic rings. The molecule has 0 atom stereocenters. The molecule has 0 unspecified atom stereocenters. The van der Waals surface area contributed by atoms with Gasteiger partial charge in [-0.1, -0.05) is 43.4 Å². The standard InChI is InChI=1S/C22H31ClN4O2Si/c1-5-26(9-10-28)21-20-19(17-7-6-8-18(23)13-17)14-27(22(20)25-15-24-21)16-29-11-12-30(2,3)4/h6-8,13-15,28H,5,9-12,16H2,1-4H3. The van der Waals surface area contributed by atoms with E-state index in [4.69, 9.17) is 16.3 Å². The van der Waals surface area contributed by atoms with Crippen LogP contribution in [0.15, 0.2) is 36.8 Å². The Balaban J connectivity index is 2.05. The number of nitrogens with zero attached hydrogens (tertiary/aromatic N) is 4. The number of hydrogen-bond acceptors (Lipinski definition) is 5. The van der Waals surface area contributed by atoms with E-state index >= 15 is 0 Å². The molecule has 0 radical (unpaired) electrons. The minimum Gasteiger partial charge on any atom is -0.395 e. The van der Waals surface area contributed by atoms with Gasteiger partial charge in [0, 0.05) is 44.6 Å². The number of aliphatic hydroxyl groups is 1. The van der Waals surface area contributed by atoms with Crippen LogP contribution in [-0.2, 0) is 11.5 Å². The van der Waals surface area contributed by atoms with Crippen LogP contribution in [-0.4, -0.2) is 54.0 Å². The summed E-state index contributed by atoms with van der Waals surface area (Å²) in [5.41, 5.74) is 2.83. The van der Waals surface area contributed by atoms with Crippen LogP contribution < -0.4 is 4.90 Å². The Morgan fingerprint density at radius 1 is 1.23 bits per heavy atom.